The van der Waals surface area contributed by atoms with E-state index in [9.17, 15) is 4.79 Å². The number of methoxy groups -OCH3 is 1. The van der Waals surface area contributed by atoms with Gasteiger partial charge in [0.2, 0.25) is 5.76 Å². The van der Waals surface area contributed by atoms with Crippen LogP contribution in [0.5, 0.6) is 0 Å². The molecule has 0 fully saturated rings. The van der Waals surface area contributed by atoms with Crippen molar-refractivity contribution in [3.05, 3.63) is 53.5 Å². The fraction of sp³-hybridized carbons (Fsp3) is 0.312. The van der Waals surface area contributed by atoms with Crippen LogP contribution in [-0.2, 0) is 11.3 Å². The lowest BCUT2D eigenvalue weighted by Gasteiger charge is -2.08. The van der Waals surface area contributed by atoms with Crippen LogP contribution in [0.25, 0.3) is 0 Å². The molecule has 0 spiro atoms. The van der Waals surface area contributed by atoms with Gasteiger partial charge < -0.3 is 14.5 Å². The number of furan rings is 1. The summed E-state index contributed by atoms with van der Waals surface area (Å²) in [4.78, 5) is 11.3. The van der Waals surface area contributed by atoms with Crippen molar-refractivity contribution in [1.82, 2.24) is 0 Å². The van der Waals surface area contributed by atoms with E-state index in [1.807, 2.05) is 12.1 Å². The molecule has 0 aliphatic heterocycles. The fourth-order valence-electron chi connectivity index (χ4n) is 1.86. The van der Waals surface area contributed by atoms with Crippen LogP contribution in [0.2, 0.25) is 0 Å². The molecule has 0 saturated heterocycles. The average molecular weight is 273 g/mol. The maximum atomic E-state index is 11.3. The molecule has 2 aromatic rings. The van der Waals surface area contributed by atoms with Crippen LogP contribution in [0, 0.1) is 0 Å². The third kappa shape index (κ3) is 3.41. The highest BCUT2D eigenvalue weighted by molar-refractivity contribution is 5.86. The summed E-state index contributed by atoms with van der Waals surface area (Å²) in [6.07, 6.45) is 0. The molecular formula is C16H19NO3. The van der Waals surface area contributed by atoms with Gasteiger partial charge in [-0.25, -0.2) is 4.79 Å². The highest BCUT2D eigenvalue weighted by atomic mass is 16.5. The monoisotopic (exact) mass is 273 g/mol. The lowest BCUT2D eigenvalue weighted by molar-refractivity contribution is 0.0563. The topological polar surface area (TPSA) is 51.5 Å². The molecule has 1 heterocycles. The van der Waals surface area contributed by atoms with Crippen LogP contribution in [0.1, 0.15) is 41.6 Å². The number of benzene rings is 1. The largest absolute Gasteiger partial charge is 0.463 e. The quantitative estimate of drug-likeness (QED) is 0.842. The Hall–Kier alpha value is -2.23. The number of esters is 1. The molecule has 0 aliphatic carbocycles. The van der Waals surface area contributed by atoms with Gasteiger partial charge in [-0.15, -0.1) is 0 Å². The Bertz CT molecular complexity index is 570. The minimum absolute atomic E-state index is 0.222. The molecular weight excluding hydrogens is 254 g/mol. The van der Waals surface area contributed by atoms with Crippen molar-refractivity contribution in [2.75, 3.05) is 12.4 Å². The Balaban J connectivity index is 1.94. The molecule has 0 aliphatic rings. The molecule has 1 N–H and O–H groups in total. The standard InChI is InChI=1S/C16H19NO3/c1-11(2)12-4-6-13(7-5-12)17-10-14-8-9-15(20-14)16(18)19-3/h4-9,11,17H,10H2,1-3H3. The molecule has 0 bridgehead atoms. The molecule has 1 aromatic heterocycles. The number of ether oxygens (including phenoxy) is 1. The Morgan fingerprint density at radius 2 is 1.90 bits per heavy atom. The number of nitrogens with one attached hydrogen (secondary N) is 1. The van der Waals surface area contributed by atoms with E-state index in [1.54, 1.807) is 12.1 Å². The zero-order valence-corrected chi connectivity index (χ0v) is 12.0. The van der Waals surface area contributed by atoms with Gasteiger partial charge >= 0.3 is 5.97 Å². The first-order valence-electron chi connectivity index (χ1n) is 6.61. The van der Waals surface area contributed by atoms with Crippen molar-refractivity contribution in [1.29, 1.82) is 0 Å². The van der Waals surface area contributed by atoms with Crippen molar-refractivity contribution in [2.45, 2.75) is 26.3 Å². The first kappa shape index (κ1) is 14.2. The van der Waals surface area contributed by atoms with Crippen LogP contribution < -0.4 is 5.32 Å². The number of rotatable bonds is 5. The van der Waals surface area contributed by atoms with E-state index in [4.69, 9.17) is 4.42 Å². The second kappa shape index (κ2) is 6.28. The molecule has 0 amide bonds. The number of carbonyl (C=O) groups is 1. The predicted molar refractivity (Wildman–Crippen MR) is 77.9 cm³/mol. The van der Waals surface area contributed by atoms with E-state index in [-0.39, 0.29) is 5.76 Å². The Labute approximate surface area is 118 Å². The molecule has 0 saturated carbocycles. The van der Waals surface area contributed by atoms with Crippen molar-refractivity contribution in [3.8, 4) is 0 Å². The molecule has 0 unspecified atom stereocenters. The van der Waals surface area contributed by atoms with Gasteiger partial charge in [0.1, 0.15) is 5.76 Å². The maximum Gasteiger partial charge on any atom is 0.373 e. The summed E-state index contributed by atoms with van der Waals surface area (Å²) in [5.74, 6) is 0.979. The number of carbonyl (C=O) groups excluding carboxylic acids is 1. The lowest BCUT2D eigenvalue weighted by Crippen LogP contribution is -2.00. The second-order valence-electron chi connectivity index (χ2n) is 4.89. The van der Waals surface area contributed by atoms with Crippen molar-refractivity contribution >= 4 is 11.7 Å². The van der Waals surface area contributed by atoms with Gasteiger partial charge in [0.25, 0.3) is 0 Å². The van der Waals surface area contributed by atoms with Gasteiger partial charge in [-0.3, -0.25) is 0 Å². The zero-order chi connectivity index (χ0) is 14.5. The van der Waals surface area contributed by atoms with E-state index in [2.05, 4.69) is 36.0 Å². The number of anilines is 1. The van der Waals surface area contributed by atoms with Crippen LogP contribution in [-0.4, -0.2) is 13.1 Å². The Morgan fingerprint density at radius 1 is 1.20 bits per heavy atom. The van der Waals surface area contributed by atoms with E-state index in [0.29, 0.717) is 18.2 Å². The molecule has 4 nitrogen and oxygen atoms in total. The SMILES string of the molecule is COC(=O)c1ccc(CNc2ccc(C(C)C)cc2)o1. The van der Waals surface area contributed by atoms with Crippen molar-refractivity contribution in [2.24, 2.45) is 0 Å². The van der Waals surface area contributed by atoms with Gasteiger partial charge in [-0.1, -0.05) is 26.0 Å². The molecule has 20 heavy (non-hydrogen) atoms. The van der Waals surface area contributed by atoms with Crippen LogP contribution in [0.15, 0.2) is 40.8 Å². The summed E-state index contributed by atoms with van der Waals surface area (Å²) in [5, 5.41) is 3.25. The highest BCUT2D eigenvalue weighted by Gasteiger charge is 2.10. The Morgan fingerprint density at radius 3 is 2.50 bits per heavy atom. The zero-order valence-electron chi connectivity index (χ0n) is 12.0. The second-order valence-corrected chi connectivity index (χ2v) is 4.89. The molecule has 0 atom stereocenters. The minimum atomic E-state index is -0.461. The highest BCUT2D eigenvalue weighted by Crippen LogP contribution is 2.18. The summed E-state index contributed by atoms with van der Waals surface area (Å²) in [5.41, 5.74) is 2.33. The molecule has 0 radical (unpaired) electrons. The summed E-state index contributed by atoms with van der Waals surface area (Å²) in [7, 11) is 1.33. The van der Waals surface area contributed by atoms with E-state index >= 15 is 0 Å². The molecule has 2 rings (SSSR count). The fourth-order valence-corrected chi connectivity index (χ4v) is 1.86. The first-order chi connectivity index (χ1) is 9.60. The van der Waals surface area contributed by atoms with E-state index in [0.717, 1.165) is 5.69 Å². The Kier molecular flexibility index (Phi) is 4.45. The molecule has 106 valence electrons. The molecule has 1 aromatic carbocycles. The van der Waals surface area contributed by atoms with Gasteiger partial charge in [0.15, 0.2) is 0 Å². The summed E-state index contributed by atoms with van der Waals surface area (Å²) in [6, 6.07) is 11.7. The minimum Gasteiger partial charge on any atom is -0.463 e. The van der Waals surface area contributed by atoms with Crippen LogP contribution in [0.4, 0.5) is 5.69 Å². The first-order valence-corrected chi connectivity index (χ1v) is 6.61. The predicted octanol–water partition coefficient (Wildman–Crippen LogP) is 3.80. The summed E-state index contributed by atoms with van der Waals surface area (Å²) >= 11 is 0. The summed E-state index contributed by atoms with van der Waals surface area (Å²) < 4.78 is 9.98. The maximum absolute atomic E-state index is 11.3. The lowest BCUT2D eigenvalue weighted by atomic mass is 10.0. The van der Waals surface area contributed by atoms with E-state index in [1.165, 1.54) is 12.7 Å². The van der Waals surface area contributed by atoms with Gasteiger partial charge in [-0.05, 0) is 35.7 Å². The van der Waals surface area contributed by atoms with E-state index < -0.39 is 5.97 Å². The summed E-state index contributed by atoms with van der Waals surface area (Å²) in [6.45, 7) is 4.86. The average Bonchev–Trinajstić information content (AvgIpc) is 2.93. The van der Waals surface area contributed by atoms with Gasteiger partial charge in [-0.2, -0.15) is 0 Å². The van der Waals surface area contributed by atoms with Crippen molar-refractivity contribution in [3.63, 3.8) is 0 Å². The molecule has 4 heteroatoms. The van der Waals surface area contributed by atoms with Gasteiger partial charge in [0.05, 0.1) is 13.7 Å². The number of hydrogen-bond acceptors (Lipinski definition) is 4. The third-order valence-electron chi connectivity index (χ3n) is 3.09. The van der Waals surface area contributed by atoms with Crippen molar-refractivity contribution < 1.29 is 13.9 Å². The van der Waals surface area contributed by atoms with Gasteiger partial charge in [0, 0.05) is 5.69 Å². The van der Waals surface area contributed by atoms with Crippen LogP contribution in [0.3, 0.4) is 0 Å². The normalized spacial score (nSPS) is 10.6. The third-order valence-corrected chi connectivity index (χ3v) is 3.09. The number of hydrogen-bond donors (Lipinski definition) is 1. The smallest absolute Gasteiger partial charge is 0.373 e. The van der Waals surface area contributed by atoms with Crippen LogP contribution >= 0.6 is 0 Å².